The third-order valence-electron chi connectivity index (χ3n) is 2.88. The summed E-state index contributed by atoms with van der Waals surface area (Å²) < 4.78 is 0. The van der Waals surface area contributed by atoms with E-state index in [9.17, 15) is 4.79 Å². The lowest BCUT2D eigenvalue weighted by atomic mass is 10.0. The average molecular weight is 246 g/mol. The van der Waals surface area contributed by atoms with Gasteiger partial charge in [0.15, 0.2) is 0 Å². The Balaban J connectivity index is 2.84. The molecule has 0 heterocycles. The van der Waals surface area contributed by atoms with E-state index in [4.69, 9.17) is 10.4 Å². The predicted octanol–water partition coefficient (Wildman–Crippen LogP) is 2.32. The number of nitriles is 1. The van der Waals surface area contributed by atoms with Crippen LogP contribution < -0.4 is 5.32 Å². The Morgan fingerprint density at radius 1 is 1.39 bits per heavy atom. The number of hydrogen-bond acceptors (Lipinski definition) is 3. The van der Waals surface area contributed by atoms with E-state index in [2.05, 4.69) is 11.4 Å². The molecule has 2 atom stereocenters. The highest BCUT2D eigenvalue weighted by Gasteiger charge is 2.23. The molecule has 1 aromatic rings. The first-order valence-corrected chi connectivity index (χ1v) is 5.94. The molecule has 2 N–H and O–H groups in total. The Morgan fingerprint density at radius 2 is 2.06 bits per heavy atom. The predicted molar refractivity (Wildman–Crippen MR) is 69.0 cm³/mol. The van der Waals surface area contributed by atoms with Crippen molar-refractivity contribution in [1.29, 1.82) is 5.26 Å². The second-order valence-corrected chi connectivity index (χ2v) is 4.69. The highest BCUT2D eigenvalue weighted by Crippen LogP contribution is 2.16. The number of nitrogens with one attached hydrogen (secondary N) is 1. The van der Waals surface area contributed by atoms with E-state index in [-0.39, 0.29) is 12.0 Å². The Bertz CT molecular complexity index is 463. The van der Waals surface area contributed by atoms with Crippen LogP contribution in [-0.2, 0) is 4.79 Å². The summed E-state index contributed by atoms with van der Waals surface area (Å²) in [6.45, 7) is 5.63. The molecule has 1 rings (SSSR count). The smallest absolute Gasteiger partial charge is 0.320 e. The largest absolute Gasteiger partial charge is 0.480 e. The van der Waals surface area contributed by atoms with Gasteiger partial charge in [0.1, 0.15) is 6.04 Å². The average Bonchev–Trinajstić information content (AvgIpc) is 2.34. The first kappa shape index (κ1) is 14.2. The molecule has 0 saturated heterocycles. The fraction of sp³-hybridized carbons (Fsp3) is 0.429. The lowest BCUT2D eigenvalue weighted by Gasteiger charge is -2.23. The molecule has 0 radical (unpaired) electrons. The van der Waals surface area contributed by atoms with Crippen LogP contribution in [0.5, 0.6) is 0 Å². The first-order chi connectivity index (χ1) is 8.45. The van der Waals surface area contributed by atoms with E-state index in [0.717, 1.165) is 5.56 Å². The van der Waals surface area contributed by atoms with Crippen LogP contribution in [-0.4, -0.2) is 17.1 Å². The second-order valence-electron chi connectivity index (χ2n) is 4.69. The number of rotatable bonds is 5. The standard InChI is InChI=1S/C14H18N2O2/c1-9(2)13(14(17)18)16-10(3)12-6-4-5-11(7-12)8-15/h4-7,9-10,13,16H,1-3H3,(H,17,18). The van der Waals surface area contributed by atoms with Gasteiger partial charge in [-0.25, -0.2) is 0 Å². The van der Waals surface area contributed by atoms with Gasteiger partial charge in [0.05, 0.1) is 11.6 Å². The van der Waals surface area contributed by atoms with Crippen molar-refractivity contribution >= 4 is 5.97 Å². The molecule has 4 nitrogen and oxygen atoms in total. The quantitative estimate of drug-likeness (QED) is 0.836. The van der Waals surface area contributed by atoms with Crippen molar-refractivity contribution < 1.29 is 9.90 Å². The maximum absolute atomic E-state index is 11.1. The highest BCUT2D eigenvalue weighted by atomic mass is 16.4. The molecular weight excluding hydrogens is 228 g/mol. The van der Waals surface area contributed by atoms with Gasteiger partial charge < -0.3 is 5.11 Å². The van der Waals surface area contributed by atoms with Crippen LogP contribution in [0.4, 0.5) is 0 Å². The van der Waals surface area contributed by atoms with E-state index in [1.165, 1.54) is 0 Å². The number of carboxylic acid groups (broad SMARTS) is 1. The summed E-state index contributed by atoms with van der Waals surface area (Å²) in [5.74, 6) is -0.850. The van der Waals surface area contributed by atoms with E-state index in [1.807, 2.05) is 26.8 Å². The van der Waals surface area contributed by atoms with Crippen LogP contribution in [0.3, 0.4) is 0 Å². The number of aliphatic carboxylic acids is 1. The lowest BCUT2D eigenvalue weighted by Crippen LogP contribution is -2.42. The molecule has 96 valence electrons. The monoisotopic (exact) mass is 246 g/mol. The topological polar surface area (TPSA) is 73.1 Å². The molecule has 0 amide bonds. The van der Waals surface area contributed by atoms with Gasteiger partial charge in [-0.3, -0.25) is 10.1 Å². The maximum Gasteiger partial charge on any atom is 0.320 e. The minimum absolute atomic E-state index is 0.00380. The van der Waals surface area contributed by atoms with Crippen molar-refractivity contribution in [3.63, 3.8) is 0 Å². The number of carbonyl (C=O) groups is 1. The Kier molecular flexibility index (Phi) is 4.87. The van der Waals surface area contributed by atoms with Crippen molar-refractivity contribution in [3.8, 4) is 6.07 Å². The first-order valence-electron chi connectivity index (χ1n) is 5.94. The molecule has 0 bridgehead atoms. The second kappa shape index (κ2) is 6.18. The van der Waals surface area contributed by atoms with Gasteiger partial charge in [-0.15, -0.1) is 0 Å². The number of carboxylic acids is 1. The van der Waals surface area contributed by atoms with Crippen LogP contribution in [0.25, 0.3) is 0 Å². The molecule has 0 aliphatic rings. The van der Waals surface area contributed by atoms with Gasteiger partial charge in [-0.1, -0.05) is 26.0 Å². The summed E-state index contributed by atoms with van der Waals surface area (Å²) in [6, 6.07) is 8.57. The zero-order valence-electron chi connectivity index (χ0n) is 10.8. The molecule has 0 fully saturated rings. The lowest BCUT2D eigenvalue weighted by molar-refractivity contribution is -0.140. The molecular formula is C14H18N2O2. The molecule has 0 aliphatic carbocycles. The Hall–Kier alpha value is -1.86. The fourth-order valence-corrected chi connectivity index (χ4v) is 1.79. The van der Waals surface area contributed by atoms with E-state index < -0.39 is 12.0 Å². The minimum Gasteiger partial charge on any atom is -0.480 e. The molecule has 18 heavy (non-hydrogen) atoms. The van der Waals surface area contributed by atoms with Crippen molar-refractivity contribution in [2.45, 2.75) is 32.9 Å². The SMILES string of the molecule is CC(NC(C(=O)O)C(C)C)c1cccc(C#N)c1. The molecule has 0 aliphatic heterocycles. The van der Waals surface area contributed by atoms with Crippen LogP contribution in [0, 0.1) is 17.2 Å². The summed E-state index contributed by atoms with van der Waals surface area (Å²) in [5, 5.41) is 21.0. The molecule has 1 aromatic carbocycles. The van der Waals surface area contributed by atoms with Crippen LogP contribution in [0.1, 0.15) is 37.9 Å². The number of nitrogens with zero attached hydrogens (tertiary/aromatic N) is 1. The van der Waals surface area contributed by atoms with E-state index in [0.29, 0.717) is 5.56 Å². The molecule has 0 aromatic heterocycles. The summed E-state index contributed by atoms with van der Waals surface area (Å²) >= 11 is 0. The third kappa shape index (κ3) is 3.57. The van der Waals surface area contributed by atoms with Crippen molar-refractivity contribution in [3.05, 3.63) is 35.4 Å². The van der Waals surface area contributed by atoms with E-state index >= 15 is 0 Å². The third-order valence-corrected chi connectivity index (χ3v) is 2.88. The van der Waals surface area contributed by atoms with Gasteiger partial charge >= 0.3 is 5.97 Å². The van der Waals surface area contributed by atoms with Gasteiger partial charge in [0.2, 0.25) is 0 Å². The van der Waals surface area contributed by atoms with Crippen LogP contribution in [0.2, 0.25) is 0 Å². The highest BCUT2D eigenvalue weighted by molar-refractivity contribution is 5.73. The van der Waals surface area contributed by atoms with E-state index in [1.54, 1.807) is 18.2 Å². The summed E-state index contributed by atoms with van der Waals surface area (Å²) in [5.41, 5.74) is 1.50. The molecule has 0 saturated carbocycles. The molecule has 0 spiro atoms. The Labute approximate surface area is 107 Å². The zero-order chi connectivity index (χ0) is 13.7. The van der Waals surface area contributed by atoms with Crippen LogP contribution >= 0.6 is 0 Å². The normalized spacial score (nSPS) is 13.9. The maximum atomic E-state index is 11.1. The number of benzene rings is 1. The molecule has 4 heteroatoms. The summed E-state index contributed by atoms with van der Waals surface area (Å²) in [7, 11) is 0. The minimum atomic E-state index is -0.853. The van der Waals surface area contributed by atoms with Crippen molar-refractivity contribution in [2.24, 2.45) is 5.92 Å². The van der Waals surface area contributed by atoms with Crippen molar-refractivity contribution in [1.82, 2.24) is 5.32 Å². The van der Waals surface area contributed by atoms with Crippen LogP contribution in [0.15, 0.2) is 24.3 Å². The fourth-order valence-electron chi connectivity index (χ4n) is 1.79. The van der Waals surface area contributed by atoms with Gasteiger partial charge in [-0.2, -0.15) is 5.26 Å². The van der Waals surface area contributed by atoms with Gasteiger partial charge in [0, 0.05) is 6.04 Å². The number of hydrogen-bond donors (Lipinski definition) is 2. The summed E-state index contributed by atoms with van der Waals surface area (Å²) in [4.78, 5) is 11.1. The van der Waals surface area contributed by atoms with Gasteiger partial charge in [-0.05, 0) is 30.5 Å². The summed E-state index contributed by atoms with van der Waals surface area (Å²) in [6.07, 6.45) is 0. The van der Waals surface area contributed by atoms with Gasteiger partial charge in [0.25, 0.3) is 0 Å². The Morgan fingerprint density at radius 3 is 2.56 bits per heavy atom. The zero-order valence-corrected chi connectivity index (χ0v) is 10.8. The molecule has 2 unspecified atom stereocenters. The van der Waals surface area contributed by atoms with Crippen molar-refractivity contribution in [2.75, 3.05) is 0 Å².